The van der Waals surface area contributed by atoms with Gasteiger partial charge in [-0.05, 0) is 6.07 Å². The number of aromatic nitrogens is 2. The van der Waals surface area contributed by atoms with E-state index in [1.807, 2.05) is 0 Å². The quantitative estimate of drug-likeness (QED) is 0.279. The topological polar surface area (TPSA) is 106 Å². The highest BCUT2D eigenvalue weighted by atomic mass is 16.4. The van der Waals surface area contributed by atoms with Crippen LogP contribution in [-0.2, 0) is 7.05 Å². The molecule has 0 aromatic carbocycles. The number of hydrogen-bond donors (Lipinski definition) is 3. The summed E-state index contributed by atoms with van der Waals surface area (Å²) in [6.07, 6.45) is 1.54. The molecule has 0 radical (unpaired) electrons. The van der Waals surface area contributed by atoms with Gasteiger partial charge in [0.2, 0.25) is 0 Å². The van der Waals surface area contributed by atoms with Gasteiger partial charge in [-0.15, -0.1) is 0 Å². The number of amidine groups is 1. The fourth-order valence-corrected chi connectivity index (χ4v) is 1.14. The Morgan fingerprint density at radius 2 is 2.50 bits per heavy atom. The average molecular weight is 225 g/mol. The van der Waals surface area contributed by atoms with E-state index < -0.39 is 0 Å². The molecule has 4 N–H and O–H groups in total. The highest BCUT2D eigenvalue weighted by Crippen LogP contribution is 1.97. The number of carbonyl (C=O) groups is 1. The Morgan fingerprint density at radius 1 is 1.81 bits per heavy atom. The van der Waals surface area contributed by atoms with E-state index in [1.165, 1.54) is 4.68 Å². The number of amides is 1. The fourth-order valence-electron chi connectivity index (χ4n) is 1.14. The van der Waals surface area contributed by atoms with Gasteiger partial charge in [0.25, 0.3) is 5.91 Å². The van der Waals surface area contributed by atoms with Crippen molar-refractivity contribution in [3.63, 3.8) is 0 Å². The van der Waals surface area contributed by atoms with Crippen molar-refractivity contribution in [3.05, 3.63) is 18.0 Å². The van der Waals surface area contributed by atoms with Crippen molar-refractivity contribution in [1.29, 1.82) is 0 Å². The number of nitrogens with two attached hydrogens (primary N) is 1. The highest BCUT2D eigenvalue weighted by molar-refractivity contribution is 5.93. The Balaban J connectivity index is 2.51. The first kappa shape index (κ1) is 12.0. The molecule has 1 unspecified atom stereocenters. The van der Waals surface area contributed by atoms with Gasteiger partial charge in [-0.25, -0.2) is 0 Å². The zero-order chi connectivity index (χ0) is 12.1. The fraction of sp³-hybridized carbons (Fsp3) is 0.444. The maximum Gasteiger partial charge on any atom is 0.269 e. The van der Waals surface area contributed by atoms with Crippen LogP contribution < -0.4 is 11.1 Å². The van der Waals surface area contributed by atoms with Gasteiger partial charge >= 0.3 is 0 Å². The largest absolute Gasteiger partial charge is 0.409 e. The normalized spacial score (nSPS) is 13.5. The maximum absolute atomic E-state index is 11.6. The lowest BCUT2D eigenvalue weighted by Crippen LogP contribution is -2.35. The van der Waals surface area contributed by atoms with Crippen molar-refractivity contribution in [3.8, 4) is 0 Å². The summed E-state index contributed by atoms with van der Waals surface area (Å²) in [5.41, 5.74) is 5.85. The van der Waals surface area contributed by atoms with Crippen molar-refractivity contribution < 1.29 is 10.0 Å². The van der Waals surface area contributed by atoms with Gasteiger partial charge < -0.3 is 16.3 Å². The molecule has 0 saturated carbocycles. The van der Waals surface area contributed by atoms with Gasteiger partial charge in [0.05, 0.1) is 0 Å². The van der Waals surface area contributed by atoms with Gasteiger partial charge in [0.15, 0.2) is 0 Å². The predicted octanol–water partition coefficient (Wildman–Crippen LogP) is -0.468. The average Bonchev–Trinajstić information content (AvgIpc) is 2.70. The molecule has 0 saturated heterocycles. The van der Waals surface area contributed by atoms with Crippen molar-refractivity contribution in [1.82, 2.24) is 15.1 Å². The third-order valence-corrected chi connectivity index (χ3v) is 2.24. The van der Waals surface area contributed by atoms with Crippen LogP contribution in [0.5, 0.6) is 0 Å². The van der Waals surface area contributed by atoms with Gasteiger partial charge in [-0.1, -0.05) is 12.1 Å². The maximum atomic E-state index is 11.6. The minimum atomic E-state index is -0.238. The predicted molar refractivity (Wildman–Crippen MR) is 58.1 cm³/mol. The van der Waals surface area contributed by atoms with Crippen molar-refractivity contribution in [2.24, 2.45) is 23.9 Å². The van der Waals surface area contributed by atoms with E-state index in [1.54, 1.807) is 26.2 Å². The van der Waals surface area contributed by atoms with E-state index in [0.717, 1.165) is 0 Å². The van der Waals surface area contributed by atoms with E-state index in [9.17, 15) is 4.79 Å². The SMILES string of the molecule is CC(CNC(=O)c1ccnn1C)C(N)=NO. The van der Waals surface area contributed by atoms with E-state index in [0.29, 0.717) is 12.2 Å². The first-order valence-electron chi connectivity index (χ1n) is 4.80. The molecule has 0 fully saturated rings. The highest BCUT2D eigenvalue weighted by Gasteiger charge is 2.12. The molecule has 7 nitrogen and oxygen atoms in total. The second kappa shape index (κ2) is 5.15. The zero-order valence-corrected chi connectivity index (χ0v) is 9.21. The van der Waals surface area contributed by atoms with Crippen LogP contribution in [0, 0.1) is 5.92 Å². The molecular weight excluding hydrogens is 210 g/mol. The molecular formula is C9H15N5O2. The summed E-state index contributed by atoms with van der Waals surface area (Å²) in [5, 5.41) is 17.9. The first-order chi connectivity index (χ1) is 7.56. The summed E-state index contributed by atoms with van der Waals surface area (Å²) < 4.78 is 1.48. The molecule has 1 atom stereocenters. The van der Waals surface area contributed by atoms with E-state index in [-0.39, 0.29) is 17.7 Å². The molecule has 0 aliphatic carbocycles. The number of rotatable bonds is 4. The molecule has 1 heterocycles. The lowest BCUT2D eigenvalue weighted by Gasteiger charge is -2.10. The second-order valence-corrected chi connectivity index (χ2v) is 3.48. The van der Waals surface area contributed by atoms with E-state index in [4.69, 9.17) is 10.9 Å². The van der Waals surface area contributed by atoms with Crippen LogP contribution >= 0.6 is 0 Å². The molecule has 88 valence electrons. The number of oxime groups is 1. The summed E-state index contributed by atoms with van der Waals surface area (Å²) in [6, 6.07) is 1.61. The van der Waals surface area contributed by atoms with Crippen LogP contribution in [0.1, 0.15) is 17.4 Å². The number of carbonyl (C=O) groups excluding carboxylic acids is 1. The Bertz CT molecular complexity index is 398. The number of hydrogen-bond acceptors (Lipinski definition) is 4. The summed E-state index contributed by atoms with van der Waals surface area (Å²) in [5.74, 6) is -0.370. The van der Waals surface area contributed by atoms with Crippen LogP contribution in [0.4, 0.5) is 0 Å². The monoisotopic (exact) mass is 225 g/mol. The van der Waals surface area contributed by atoms with Crippen molar-refractivity contribution in [2.45, 2.75) is 6.92 Å². The summed E-state index contributed by atoms with van der Waals surface area (Å²) in [4.78, 5) is 11.6. The molecule has 0 aliphatic heterocycles. The summed E-state index contributed by atoms with van der Waals surface area (Å²) in [6.45, 7) is 2.05. The Kier molecular flexibility index (Phi) is 3.87. The minimum Gasteiger partial charge on any atom is -0.409 e. The van der Waals surface area contributed by atoms with E-state index >= 15 is 0 Å². The summed E-state index contributed by atoms with van der Waals surface area (Å²) in [7, 11) is 1.68. The lowest BCUT2D eigenvalue weighted by molar-refractivity contribution is 0.0941. The molecule has 0 bridgehead atoms. The Labute approximate surface area is 92.9 Å². The molecule has 1 aromatic heterocycles. The van der Waals surface area contributed by atoms with Gasteiger partial charge in [-0.3, -0.25) is 9.48 Å². The minimum absolute atomic E-state index is 0.0882. The molecule has 7 heteroatoms. The molecule has 16 heavy (non-hydrogen) atoms. The first-order valence-corrected chi connectivity index (χ1v) is 4.80. The van der Waals surface area contributed by atoms with Crippen LogP contribution in [0.15, 0.2) is 17.4 Å². The zero-order valence-electron chi connectivity index (χ0n) is 9.21. The molecule has 1 rings (SSSR count). The second-order valence-electron chi connectivity index (χ2n) is 3.48. The molecule has 0 aliphatic rings. The number of nitrogens with zero attached hydrogens (tertiary/aromatic N) is 3. The standard InChI is InChI=1S/C9H15N5O2/c1-6(8(10)13-16)5-11-9(15)7-3-4-12-14(7)2/h3-4,6,16H,5H2,1-2H3,(H2,10,13)(H,11,15). The van der Waals surface area contributed by atoms with Crippen molar-refractivity contribution >= 4 is 11.7 Å². The number of nitrogens with one attached hydrogen (secondary N) is 1. The molecule has 1 aromatic rings. The van der Waals surface area contributed by atoms with Gasteiger partial charge in [0, 0.05) is 25.7 Å². The third-order valence-electron chi connectivity index (χ3n) is 2.24. The van der Waals surface area contributed by atoms with Crippen LogP contribution in [0.25, 0.3) is 0 Å². The van der Waals surface area contributed by atoms with Gasteiger partial charge in [0.1, 0.15) is 11.5 Å². The van der Waals surface area contributed by atoms with Crippen molar-refractivity contribution in [2.75, 3.05) is 6.54 Å². The summed E-state index contributed by atoms with van der Waals surface area (Å²) >= 11 is 0. The third kappa shape index (κ3) is 2.72. The lowest BCUT2D eigenvalue weighted by atomic mass is 10.1. The molecule has 1 amide bonds. The van der Waals surface area contributed by atoms with Gasteiger partial charge in [-0.2, -0.15) is 5.10 Å². The van der Waals surface area contributed by atoms with Crippen LogP contribution in [-0.4, -0.2) is 33.3 Å². The Hall–Kier alpha value is -2.05. The Morgan fingerprint density at radius 3 is 3.00 bits per heavy atom. The van der Waals surface area contributed by atoms with E-state index in [2.05, 4.69) is 15.6 Å². The van der Waals surface area contributed by atoms with Crippen LogP contribution in [0.2, 0.25) is 0 Å². The van der Waals surface area contributed by atoms with Crippen LogP contribution in [0.3, 0.4) is 0 Å². The number of aryl methyl sites for hydroxylation is 1. The molecule has 0 spiro atoms. The smallest absolute Gasteiger partial charge is 0.269 e.